The first-order chi connectivity index (χ1) is 12.2. The third kappa shape index (κ3) is 4.92. The summed E-state index contributed by atoms with van der Waals surface area (Å²) in [5.74, 6) is 1.18. The lowest BCUT2D eigenvalue weighted by Gasteiger charge is -2.12. The van der Waals surface area contributed by atoms with Gasteiger partial charge in [0.15, 0.2) is 0 Å². The summed E-state index contributed by atoms with van der Waals surface area (Å²) in [4.78, 5) is 20.8. The summed E-state index contributed by atoms with van der Waals surface area (Å²) in [5, 5.41) is 6.22. The van der Waals surface area contributed by atoms with E-state index in [2.05, 4.69) is 20.6 Å². The SMILES string of the molecule is COc1cccc(CCNC(=O)c2ccnc(NC3CCCC3)n2)c1. The predicted octanol–water partition coefficient (Wildman–Crippen LogP) is 2.81. The molecule has 0 aliphatic heterocycles. The van der Waals surface area contributed by atoms with Crippen molar-refractivity contribution in [2.75, 3.05) is 19.0 Å². The van der Waals surface area contributed by atoms with E-state index in [0.29, 0.717) is 24.2 Å². The molecule has 0 atom stereocenters. The van der Waals surface area contributed by atoms with E-state index in [1.165, 1.54) is 12.8 Å². The smallest absolute Gasteiger partial charge is 0.270 e. The molecule has 1 aromatic carbocycles. The number of nitrogens with one attached hydrogen (secondary N) is 2. The number of anilines is 1. The molecule has 0 radical (unpaired) electrons. The average molecular weight is 340 g/mol. The Morgan fingerprint density at radius 3 is 2.92 bits per heavy atom. The molecule has 6 heteroatoms. The topological polar surface area (TPSA) is 76.1 Å². The lowest BCUT2D eigenvalue weighted by atomic mass is 10.1. The van der Waals surface area contributed by atoms with E-state index in [9.17, 15) is 4.79 Å². The van der Waals surface area contributed by atoms with Gasteiger partial charge in [0.05, 0.1) is 7.11 Å². The van der Waals surface area contributed by atoms with Crippen LogP contribution in [0.2, 0.25) is 0 Å². The van der Waals surface area contributed by atoms with Crippen molar-refractivity contribution in [1.82, 2.24) is 15.3 Å². The second-order valence-corrected chi connectivity index (χ2v) is 6.25. The van der Waals surface area contributed by atoms with Gasteiger partial charge in [-0.1, -0.05) is 25.0 Å². The van der Waals surface area contributed by atoms with Gasteiger partial charge in [-0.25, -0.2) is 9.97 Å². The van der Waals surface area contributed by atoms with Crippen molar-refractivity contribution in [3.8, 4) is 5.75 Å². The number of amides is 1. The number of carbonyl (C=O) groups is 1. The van der Waals surface area contributed by atoms with E-state index in [0.717, 1.165) is 30.6 Å². The molecule has 1 heterocycles. The molecule has 1 saturated carbocycles. The monoisotopic (exact) mass is 340 g/mol. The highest BCUT2D eigenvalue weighted by Crippen LogP contribution is 2.20. The first kappa shape index (κ1) is 17.2. The number of ether oxygens (including phenoxy) is 1. The molecule has 1 aliphatic rings. The van der Waals surface area contributed by atoms with Gasteiger partial charge in [0.1, 0.15) is 11.4 Å². The highest BCUT2D eigenvalue weighted by molar-refractivity contribution is 5.92. The van der Waals surface area contributed by atoms with Gasteiger partial charge in [0.25, 0.3) is 5.91 Å². The summed E-state index contributed by atoms with van der Waals surface area (Å²) < 4.78 is 5.21. The lowest BCUT2D eigenvalue weighted by molar-refractivity contribution is 0.0949. The van der Waals surface area contributed by atoms with Crippen molar-refractivity contribution in [3.05, 3.63) is 47.8 Å². The van der Waals surface area contributed by atoms with Crippen LogP contribution in [-0.4, -0.2) is 35.6 Å². The minimum absolute atomic E-state index is 0.181. The van der Waals surface area contributed by atoms with Gasteiger partial charge in [-0.2, -0.15) is 0 Å². The number of methoxy groups -OCH3 is 1. The van der Waals surface area contributed by atoms with Gasteiger partial charge >= 0.3 is 0 Å². The van der Waals surface area contributed by atoms with Crippen LogP contribution in [0.4, 0.5) is 5.95 Å². The Morgan fingerprint density at radius 1 is 1.28 bits per heavy atom. The number of benzene rings is 1. The Bertz CT molecular complexity index is 714. The standard InChI is InChI=1S/C19H24N4O2/c1-25-16-8-4-5-14(13-16)9-11-20-18(24)17-10-12-21-19(23-17)22-15-6-2-3-7-15/h4-5,8,10,12-13,15H,2-3,6-7,9,11H2,1H3,(H,20,24)(H,21,22,23). The lowest BCUT2D eigenvalue weighted by Crippen LogP contribution is -2.27. The first-order valence-electron chi connectivity index (χ1n) is 8.75. The second-order valence-electron chi connectivity index (χ2n) is 6.25. The molecule has 25 heavy (non-hydrogen) atoms. The first-order valence-corrected chi connectivity index (χ1v) is 8.75. The van der Waals surface area contributed by atoms with Crippen molar-refractivity contribution in [1.29, 1.82) is 0 Å². The van der Waals surface area contributed by atoms with Crippen LogP contribution in [0.25, 0.3) is 0 Å². The van der Waals surface area contributed by atoms with Crippen molar-refractivity contribution in [2.24, 2.45) is 0 Å². The number of nitrogens with zero attached hydrogens (tertiary/aromatic N) is 2. The maximum absolute atomic E-state index is 12.3. The highest BCUT2D eigenvalue weighted by atomic mass is 16.5. The maximum Gasteiger partial charge on any atom is 0.270 e. The van der Waals surface area contributed by atoms with E-state index in [1.54, 1.807) is 19.4 Å². The van der Waals surface area contributed by atoms with E-state index in [4.69, 9.17) is 4.74 Å². The van der Waals surface area contributed by atoms with Crippen LogP contribution in [0.15, 0.2) is 36.5 Å². The van der Waals surface area contributed by atoms with Crippen LogP contribution < -0.4 is 15.4 Å². The molecule has 1 aliphatic carbocycles. The van der Waals surface area contributed by atoms with E-state index in [1.807, 2.05) is 24.3 Å². The Balaban J connectivity index is 1.52. The largest absolute Gasteiger partial charge is 0.497 e. The zero-order chi connectivity index (χ0) is 17.5. The molecule has 0 saturated heterocycles. The van der Waals surface area contributed by atoms with Crippen molar-refractivity contribution in [2.45, 2.75) is 38.1 Å². The zero-order valence-electron chi connectivity index (χ0n) is 14.5. The van der Waals surface area contributed by atoms with E-state index in [-0.39, 0.29) is 5.91 Å². The quantitative estimate of drug-likeness (QED) is 0.810. The van der Waals surface area contributed by atoms with Crippen LogP contribution in [-0.2, 0) is 6.42 Å². The molecule has 1 fully saturated rings. The highest BCUT2D eigenvalue weighted by Gasteiger charge is 2.16. The third-order valence-electron chi connectivity index (χ3n) is 4.41. The molecule has 3 rings (SSSR count). The van der Waals surface area contributed by atoms with E-state index >= 15 is 0 Å². The normalized spacial score (nSPS) is 14.3. The van der Waals surface area contributed by atoms with Crippen LogP contribution in [0, 0.1) is 0 Å². The van der Waals surface area contributed by atoms with Crippen molar-refractivity contribution >= 4 is 11.9 Å². The van der Waals surface area contributed by atoms with E-state index < -0.39 is 0 Å². The van der Waals surface area contributed by atoms with Gasteiger partial charge in [0, 0.05) is 18.8 Å². The van der Waals surface area contributed by atoms with Crippen LogP contribution in [0.1, 0.15) is 41.7 Å². The molecule has 1 amide bonds. The molecule has 132 valence electrons. The van der Waals surface area contributed by atoms with Gasteiger partial charge in [0.2, 0.25) is 5.95 Å². The number of aromatic nitrogens is 2. The zero-order valence-corrected chi connectivity index (χ0v) is 14.5. The summed E-state index contributed by atoms with van der Waals surface area (Å²) in [5.41, 5.74) is 1.51. The fourth-order valence-corrected chi connectivity index (χ4v) is 3.05. The fraction of sp³-hybridized carbons (Fsp3) is 0.421. The van der Waals surface area contributed by atoms with Gasteiger partial charge in [-0.15, -0.1) is 0 Å². The number of rotatable bonds is 7. The molecule has 2 N–H and O–H groups in total. The summed E-state index contributed by atoms with van der Waals surface area (Å²) in [7, 11) is 1.65. The number of carbonyl (C=O) groups excluding carboxylic acids is 1. The van der Waals surface area contributed by atoms with Gasteiger partial charge in [-0.05, 0) is 43.0 Å². The molecular formula is C19H24N4O2. The third-order valence-corrected chi connectivity index (χ3v) is 4.41. The van der Waals surface area contributed by atoms with Crippen LogP contribution in [0.3, 0.4) is 0 Å². The predicted molar refractivity (Wildman–Crippen MR) is 96.9 cm³/mol. The Hall–Kier alpha value is -2.63. The van der Waals surface area contributed by atoms with Gasteiger partial charge < -0.3 is 15.4 Å². The molecule has 0 spiro atoms. The second kappa shape index (κ2) is 8.46. The summed E-state index contributed by atoms with van der Waals surface area (Å²) in [6.07, 6.45) is 7.12. The Morgan fingerprint density at radius 2 is 2.12 bits per heavy atom. The Kier molecular flexibility index (Phi) is 5.82. The Labute approximate surface area is 148 Å². The molecular weight excluding hydrogens is 316 g/mol. The summed E-state index contributed by atoms with van der Waals surface area (Å²) in [6, 6.07) is 9.90. The molecule has 1 aromatic heterocycles. The molecule has 6 nitrogen and oxygen atoms in total. The van der Waals surface area contributed by atoms with Gasteiger partial charge in [-0.3, -0.25) is 4.79 Å². The molecule has 0 bridgehead atoms. The van der Waals surface area contributed by atoms with Crippen molar-refractivity contribution in [3.63, 3.8) is 0 Å². The van der Waals surface area contributed by atoms with Crippen molar-refractivity contribution < 1.29 is 9.53 Å². The minimum Gasteiger partial charge on any atom is -0.497 e. The summed E-state index contributed by atoms with van der Waals surface area (Å²) in [6.45, 7) is 0.543. The maximum atomic E-state index is 12.3. The minimum atomic E-state index is -0.181. The van der Waals surface area contributed by atoms with Crippen LogP contribution >= 0.6 is 0 Å². The fourth-order valence-electron chi connectivity index (χ4n) is 3.05. The summed E-state index contributed by atoms with van der Waals surface area (Å²) >= 11 is 0. The number of hydrogen-bond acceptors (Lipinski definition) is 5. The molecule has 0 unspecified atom stereocenters. The number of hydrogen-bond donors (Lipinski definition) is 2. The average Bonchev–Trinajstić information content (AvgIpc) is 3.15. The van der Waals surface area contributed by atoms with Crippen LogP contribution in [0.5, 0.6) is 5.75 Å². The molecule has 2 aromatic rings.